The monoisotopic (exact) mass is 322 g/mol. The molecule has 0 saturated carbocycles. The number of urea groups is 1. The van der Waals surface area contributed by atoms with Crippen molar-refractivity contribution >= 4 is 11.7 Å². The van der Waals surface area contributed by atoms with Crippen LogP contribution in [0.4, 0.5) is 23.7 Å². The number of carbonyl (C=O) groups is 1. The van der Waals surface area contributed by atoms with Crippen LogP contribution in [0.1, 0.15) is 18.1 Å². The second-order valence-corrected chi connectivity index (χ2v) is 5.01. The number of rotatable bonds is 4. The van der Waals surface area contributed by atoms with Crippen molar-refractivity contribution in [1.82, 2.24) is 4.90 Å². The largest absolute Gasteiger partial charge is 0.416 e. The normalized spacial score (nSPS) is 11.1. The molecule has 0 saturated heterocycles. The van der Waals surface area contributed by atoms with Crippen LogP contribution >= 0.6 is 0 Å². The summed E-state index contributed by atoms with van der Waals surface area (Å²) in [4.78, 5) is 13.8. The number of nitrogens with zero attached hydrogens (tertiary/aromatic N) is 1. The molecule has 2 amide bonds. The van der Waals surface area contributed by atoms with Crippen LogP contribution in [0.15, 0.2) is 54.6 Å². The molecular formula is C17H17F3N2O. The third-order valence-corrected chi connectivity index (χ3v) is 3.33. The van der Waals surface area contributed by atoms with Gasteiger partial charge in [-0.25, -0.2) is 4.79 Å². The minimum atomic E-state index is -4.44. The zero-order valence-electron chi connectivity index (χ0n) is 12.6. The summed E-state index contributed by atoms with van der Waals surface area (Å²) >= 11 is 0. The Kier molecular flexibility index (Phi) is 5.26. The van der Waals surface area contributed by atoms with Gasteiger partial charge in [0, 0.05) is 18.8 Å². The van der Waals surface area contributed by atoms with Crippen LogP contribution < -0.4 is 5.32 Å². The van der Waals surface area contributed by atoms with Gasteiger partial charge < -0.3 is 10.2 Å². The third-order valence-electron chi connectivity index (χ3n) is 3.33. The molecule has 0 atom stereocenters. The van der Waals surface area contributed by atoms with E-state index in [1.54, 1.807) is 0 Å². The standard InChI is InChI=1S/C17H17F3N2O/c1-2-22(12-13-7-4-3-5-8-13)16(23)21-15-10-6-9-14(11-15)17(18,19)20/h3-11H,2,12H2,1H3,(H,21,23). The van der Waals surface area contributed by atoms with E-state index in [9.17, 15) is 18.0 Å². The van der Waals surface area contributed by atoms with Crippen molar-refractivity contribution in [2.75, 3.05) is 11.9 Å². The smallest absolute Gasteiger partial charge is 0.320 e. The lowest BCUT2D eigenvalue weighted by Gasteiger charge is -2.21. The molecule has 0 aliphatic heterocycles. The minimum Gasteiger partial charge on any atom is -0.320 e. The average molecular weight is 322 g/mol. The van der Waals surface area contributed by atoms with E-state index in [1.807, 2.05) is 37.3 Å². The molecule has 23 heavy (non-hydrogen) atoms. The topological polar surface area (TPSA) is 32.3 Å². The Morgan fingerprint density at radius 1 is 1.09 bits per heavy atom. The highest BCUT2D eigenvalue weighted by atomic mass is 19.4. The van der Waals surface area contributed by atoms with Crippen LogP contribution in [-0.2, 0) is 12.7 Å². The van der Waals surface area contributed by atoms with Crippen molar-refractivity contribution in [3.8, 4) is 0 Å². The van der Waals surface area contributed by atoms with E-state index >= 15 is 0 Å². The summed E-state index contributed by atoms with van der Waals surface area (Å²) in [5.41, 5.74) is 0.284. The Morgan fingerprint density at radius 2 is 1.78 bits per heavy atom. The Hall–Kier alpha value is -2.50. The van der Waals surface area contributed by atoms with Gasteiger partial charge in [-0.15, -0.1) is 0 Å². The molecule has 2 rings (SSSR count). The molecule has 0 aliphatic rings. The van der Waals surface area contributed by atoms with Gasteiger partial charge >= 0.3 is 12.2 Å². The number of amides is 2. The quantitative estimate of drug-likeness (QED) is 0.865. The van der Waals surface area contributed by atoms with E-state index in [1.165, 1.54) is 17.0 Å². The first-order chi connectivity index (χ1) is 10.9. The van der Waals surface area contributed by atoms with Gasteiger partial charge in [0.25, 0.3) is 0 Å². The maximum atomic E-state index is 12.7. The van der Waals surface area contributed by atoms with E-state index in [4.69, 9.17) is 0 Å². The van der Waals surface area contributed by atoms with Crippen molar-refractivity contribution in [2.45, 2.75) is 19.6 Å². The number of halogens is 3. The highest BCUT2D eigenvalue weighted by Crippen LogP contribution is 2.30. The fourth-order valence-corrected chi connectivity index (χ4v) is 2.11. The van der Waals surface area contributed by atoms with E-state index in [0.717, 1.165) is 17.7 Å². The zero-order valence-corrected chi connectivity index (χ0v) is 12.6. The van der Waals surface area contributed by atoms with Crippen molar-refractivity contribution in [3.05, 3.63) is 65.7 Å². The molecule has 2 aromatic rings. The van der Waals surface area contributed by atoms with Crippen LogP contribution in [0.5, 0.6) is 0 Å². The van der Waals surface area contributed by atoms with E-state index in [-0.39, 0.29) is 5.69 Å². The summed E-state index contributed by atoms with van der Waals surface area (Å²) in [5.74, 6) is 0. The van der Waals surface area contributed by atoms with Gasteiger partial charge in [-0.05, 0) is 30.7 Å². The van der Waals surface area contributed by atoms with Gasteiger partial charge in [-0.3, -0.25) is 0 Å². The molecule has 0 radical (unpaired) electrons. The molecule has 122 valence electrons. The maximum absolute atomic E-state index is 12.7. The van der Waals surface area contributed by atoms with E-state index in [2.05, 4.69) is 5.32 Å². The molecule has 2 aromatic carbocycles. The van der Waals surface area contributed by atoms with E-state index < -0.39 is 17.8 Å². The lowest BCUT2D eigenvalue weighted by atomic mass is 10.2. The zero-order chi connectivity index (χ0) is 16.9. The van der Waals surface area contributed by atoms with Crippen LogP contribution in [0, 0.1) is 0 Å². The number of anilines is 1. The second-order valence-electron chi connectivity index (χ2n) is 5.01. The molecule has 0 unspecified atom stereocenters. The molecule has 0 spiro atoms. The van der Waals surface area contributed by atoms with Gasteiger partial charge in [0.1, 0.15) is 0 Å². The summed E-state index contributed by atoms with van der Waals surface area (Å²) in [6, 6.07) is 13.6. The molecule has 1 N–H and O–H groups in total. The SMILES string of the molecule is CCN(Cc1ccccc1)C(=O)Nc1cccc(C(F)(F)F)c1. The Morgan fingerprint density at radius 3 is 2.39 bits per heavy atom. The fourth-order valence-electron chi connectivity index (χ4n) is 2.11. The highest BCUT2D eigenvalue weighted by Gasteiger charge is 2.30. The Bertz CT molecular complexity index is 656. The molecule has 6 heteroatoms. The molecule has 0 bridgehead atoms. The predicted octanol–water partition coefficient (Wildman–Crippen LogP) is 4.76. The number of benzene rings is 2. The van der Waals surface area contributed by atoms with Crippen molar-refractivity contribution in [2.24, 2.45) is 0 Å². The number of nitrogens with one attached hydrogen (secondary N) is 1. The van der Waals surface area contributed by atoms with E-state index in [0.29, 0.717) is 13.1 Å². The number of alkyl halides is 3. The summed E-state index contributed by atoms with van der Waals surface area (Å²) in [5, 5.41) is 2.51. The van der Waals surface area contributed by atoms with Gasteiger partial charge in [0.05, 0.1) is 5.56 Å². The molecule has 0 aromatic heterocycles. The van der Waals surface area contributed by atoms with Crippen LogP contribution in [-0.4, -0.2) is 17.5 Å². The number of carbonyl (C=O) groups excluding carboxylic acids is 1. The predicted molar refractivity (Wildman–Crippen MR) is 83.0 cm³/mol. The first-order valence-electron chi connectivity index (χ1n) is 7.17. The van der Waals surface area contributed by atoms with Gasteiger partial charge in [0.15, 0.2) is 0 Å². The van der Waals surface area contributed by atoms with Crippen molar-refractivity contribution in [3.63, 3.8) is 0 Å². The first kappa shape index (κ1) is 16.9. The molecule has 3 nitrogen and oxygen atoms in total. The molecule has 0 heterocycles. The Labute approximate surface area is 132 Å². The summed E-state index contributed by atoms with van der Waals surface area (Å²) in [6.07, 6.45) is -4.44. The number of hydrogen-bond acceptors (Lipinski definition) is 1. The summed E-state index contributed by atoms with van der Waals surface area (Å²) in [6.45, 7) is 2.65. The Balaban J connectivity index is 2.08. The lowest BCUT2D eigenvalue weighted by molar-refractivity contribution is -0.137. The lowest BCUT2D eigenvalue weighted by Crippen LogP contribution is -2.34. The van der Waals surface area contributed by atoms with Gasteiger partial charge in [-0.1, -0.05) is 36.4 Å². The average Bonchev–Trinajstić information content (AvgIpc) is 2.53. The number of hydrogen-bond donors (Lipinski definition) is 1. The third kappa shape index (κ3) is 4.74. The maximum Gasteiger partial charge on any atom is 0.416 e. The molecule has 0 aliphatic carbocycles. The van der Waals surface area contributed by atoms with Crippen molar-refractivity contribution < 1.29 is 18.0 Å². The van der Waals surface area contributed by atoms with Gasteiger partial charge in [0.2, 0.25) is 0 Å². The molecular weight excluding hydrogens is 305 g/mol. The highest BCUT2D eigenvalue weighted by molar-refractivity contribution is 5.89. The minimum absolute atomic E-state index is 0.122. The van der Waals surface area contributed by atoms with Crippen molar-refractivity contribution in [1.29, 1.82) is 0 Å². The first-order valence-corrected chi connectivity index (χ1v) is 7.17. The van der Waals surface area contributed by atoms with Crippen LogP contribution in [0.3, 0.4) is 0 Å². The van der Waals surface area contributed by atoms with Crippen LogP contribution in [0.25, 0.3) is 0 Å². The summed E-state index contributed by atoms with van der Waals surface area (Å²) < 4.78 is 38.1. The molecule has 0 fully saturated rings. The van der Waals surface area contributed by atoms with Crippen LogP contribution in [0.2, 0.25) is 0 Å². The second kappa shape index (κ2) is 7.17. The fraction of sp³-hybridized carbons (Fsp3) is 0.235. The summed E-state index contributed by atoms with van der Waals surface area (Å²) in [7, 11) is 0. The van der Waals surface area contributed by atoms with Gasteiger partial charge in [-0.2, -0.15) is 13.2 Å².